The van der Waals surface area contributed by atoms with Crippen LogP contribution in [0.2, 0.25) is 0 Å². The standard InChI is InChI=1S/C14H16N4O/c15-18-14(11-2-1-7-19-9-11)10-3-4-12-13(8-10)17-6-5-16-12/h3-6,8-9,14,18H,1-2,7,15H2. The molecule has 1 aliphatic rings. The third kappa shape index (κ3) is 2.43. The third-order valence-electron chi connectivity index (χ3n) is 3.33. The van der Waals surface area contributed by atoms with Crippen LogP contribution in [0.15, 0.2) is 42.4 Å². The highest BCUT2D eigenvalue weighted by atomic mass is 16.5. The highest BCUT2D eigenvalue weighted by molar-refractivity contribution is 5.74. The van der Waals surface area contributed by atoms with Crippen molar-refractivity contribution in [2.45, 2.75) is 18.9 Å². The van der Waals surface area contributed by atoms with E-state index in [4.69, 9.17) is 10.6 Å². The zero-order chi connectivity index (χ0) is 13.1. The molecule has 0 saturated heterocycles. The molecule has 1 aromatic heterocycles. The smallest absolute Gasteiger partial charge is 0.0890 e. The fourth-order valence-corrected chi connectivity index (χ4v) is 2.37. The number of nitrogens with two attached hydrogens (primary N) is 1. The Morgan fingerprint density at radius 1 is 1.21 bits per heavy atom. The van der Waals surface area contributed by atoms with Crippen LogP contribution in [-0.2, 0) is 4.74 Å². The Bertz CT molecular complexity index is 611. The Hall–Kier alpha value is -1.98. The average molecular weight is 256 g/mol. The van der Waals surface area contributed by atoms with Crippen LogP contribution in [0, 0.1) is 0 Å². The summed E-state index contributed by atoms with van der Waals surface area (Å²) in [6.45, 7) is 0.782. The van der Waals surface area contributed by atoms with E-state index in [2.05, 4.69) is 15.4 Å². The lowest BCUT2D eigenvalue weighted by Crippen LogP contribution is -2.30. The molecule has 0 bridgehead atoms. The minimum Gasteiger partial charge on any atom is -0.501 e. The predicted molar refractivity (Wildman–Crippen MR) is 72.9 cm³/mol. The van der Waals surface area contributed by atoms with Crippen LogP contribution >= 0.6 is 0 Å². The Balaban J connectivity index is 1.98. The molecule has 1 aromatic carbocycles. The Morgan fingerprint density at radius 3 is 2.79 bits per heavy atom. The lowest BCUT2D eigenvalue weighted by atomic mass is 9.95. The second-order valence-electron chi connectivity index (χ2n) is 4.57. The molecule has 0 aliphatic carbocycles. The van der Waals surface area contributed by atoms with E-state index in [1.54, 1.807) is 12.4 Å². The quantitative estimate of drug-likeness (QED) is 0.647. The second kappa shape index (κ2) is 5.34. The van der Waals surface area contributed by atoms with Gasteiger partial charge in [0.25, 0.3) is 0 Å². The summed E-state index contributed by atoms with van der Waals surface area (Å²) in [7, 11) is 0. The van der Waals surface area contributed by atoms with Gasteiger partial charge in [-0.15, -0.1) is 0 Å². The van der Waals surface area contributed by atoms with E-state index in [0.717, 1.165) is 41.6 Å². The molecule has 0 amide bonds. The number of rotatable bonds is 3. The Kier molecular flexibility index (Phi) is 3.39. The van der Waals surface area contributed by atoms with Gasteiger partial charge in [0, 0.05) is 12.4 Å². The first-order valence-electron chi connectivity index (χ1n) is 6.36. The number of hydrogen-bond donors (Lipinski definition) is 2. The van der Waals surface area contributed by atoms with E-state index in [0.29, 0.717) is 0 Å². The Labute approximate surface area is 111 Å². The number of hydrogen-bond acceptors (Lipinski definition) is 5. The minimum absolute atomic E-state index is 0.0355. The summed E-state index contributed by atoms with van der Waals surface area (Å²) in [5, 5.41) is 0. The average Bonchev–Trinajstić information content (AvgIpc) is 2.49. The molecule has 3 rings (SSSR count). The molecule has 2 heterocycles. The number of aromatic nitrogens is 2. The normalized spacial score (nSPS) is 16.8. The fourth-order valence-electron chi connectivity index (χ4n) is 2.37. The number of ether oxygens (including phenoxy) is 1. The zero-order valence-corrected chi connectivity index (χ0v) is 10.5. The molecule has 0 fully saturated rings. The van der Waals surface area contributed by atoms with Crippen molar-refractivity contribution in [3.8, 4) is 0 Å². The summed E-state index contributed by atoms with van der Waals surface area (Å²) < 4.78 is 5.39. The lowest BCUT2D eigenvalue weighted by Gasteiger charge is -2.23. The summed E-state index contributed by atoms with van der Waals surface area (Å²) in [6.07, 6.45) is 7.22. The van der Waals surface area contributed by atoms with Crippen LogP contribution in [0.5, 0.6) is 0 Å². The molecular formula is C14H16N4O. The first kappa shape index (κ1) is 12.1. The number of hydrazine groups is 1. The van der Waals surface area contributed by atoms with Gasteiger partial charge < -0.3 is 4.74 Å². The highest BCUT2D eigenvalue weighted by Gasteiger charge is 2.18. The van der Waals surface area contributed by atoms with Gasteiger partial charge in [-0.05, 0) is 36.1 Å². The summed E-state index contributed by atoms with van der Waals surface area (Å²) in [5.74, 6) is 5.70. The largest absolute Gasteiger partial charge is 0.501 e. The van der Waals surface area contributed by atoms with E-state index in [9.17, 15) is 0 Å². The van der Waals surface area contributed by atoms with Gasteiger partial charge >= 0.3 is 0 Å². The molecule has 0 spiro atoms. The molecular weight excluding hydrogens is 240 g/mol. The fraction of sp³-hybridized carbons (Fsp3) is 0.286. The van der Waals surface area contributed by atoms with E-state index in [-0.39, 0.29) is 6.04 Å². The second-order valence-corrected chi connectivity index (χ2v) is 4.57. The van der Waals surface area contributed by atoms with Crippen molar-refractivity contribution in [2.75, 3.05) is 6.61 Å². The molecule has 1 unspecified atom stereocenters. The molecule has 5 nitrogen and oxygen atoms in total. The molecule has 1 atom stereocenters. The van der Waals surface area contributed by atoms with Crippen LogP contribution in [0.1, 0.15) is 24.4 Å². The van der Waals surface area contributed by atoms with Crippen LogP contribution in [0.25, 0.3) is 11.0 Å². The van der Waals surface area contributed by atoms with E-state index < -0.39 is 0 Å². The lowest BCUT2D eigenvalue weighted by molar-refractivity contribution is 0.219. The molecule has 19 heavy (non-hydrogen) atoms. The van der Waals surface area contributed by atoms with Gasteiger partial charge in [-0.25, -0.2) is 5.43 Å². The molecule has 0 radical (unpaired) electrons. The Morgan fingerprint density at radius 2 is 2.05 bits per heavy atom. The summed E-state index contributed by atoms with van der Waals surface area (Å²) in [6, 6.07) is 5.97. The van der Waals surface area contributed by atoms with Gasteiger partial charge in [-0.2, -0.15) is 0 Å². The first-order valence-corrected chi connectivity index (χ1v) is 6.36. The van der Waals surface area contributed by atoms with Crippen molar-refractivity contribution in [3.05, 3.63) is 48.0 Å². The highest BCUT2D eigenvalue weighted by Crippen LogP contribution is 2.28. The van der Waals surface area contributed by atoms with Gasteiger partial charge in [0.15, 0.2) is 0 Å². The maximum Gasteiger partial charge on any atom is 0.0890 e. The van der Waals surface area contributed by atoms with Crippen molar-refractivity contribution in [1.82, 2.24) is 15.4 Å². The number of benzene rings is 1. The maximum absolute atomic E-state index is 5.70. The van der Waals surface area contributed by atoms with Crippen molar-refractivity contribution in [1.29, 1.82) is 0 Å². The van der Waals surface area contributed by atoms with Crippen LogP contribution in [-0.4, -0.2) is 16.6 Å². The molecule has 2 aromatic rings. The summed E-state index contributed by atoms with van der Waals surface area (Å²) in [4.78, 5) is 8.59. The van der Waals surface area contributed by atoms with E-state index in [1.807, 2.05) is 24.5 Å². The van der Waals surface area contributed by atoms with Gasteiger partial charge in [-0.3, -0.25) is 15.8 Å². The van der Waals surface area contributed by atoms with Gasteiger partial charge in [0.1, 0.15) is 0 Å². The van der Waals surface area contributed by atoms with Crippen LogP contribution in [0.3, 0.4) is 0 Å². The molecule has 5 heteroatoms. The monoisotopic (exact) mass is 256 g/mol. The van der Waals surface area contributed by atoms with Gasteiger partial charge in [0.05, 0.1) is 29.9 Å². The topological polar surface area (TPSA) is 73.1 Å². The number of nitrogens with one attached hydrogen (secondary N) is 1. The molecule has 98 valence electrons. The van der Waals surface area contributed by atoms with E-state index >= 15 is 0 Å². The third-order valence-corrected chi connectivity index (χ3v) is 3.33. The van der Waals surface area contributed by atoms with Crippen molar-refractivity contribution >= 4 is 11.0 Å². The molecule has 0 saturated carbocycles. The summed E-state index contributed by atoms with van der Waals surface area (Å²) >= 11 is 0. The van der Waals surface area contributed by atoms with Crippen molar-refractivity contribution < 1.29 is 4.74 Å². The van der Waals surface area contributed by atoms with Gasteiger partial charge in [0.2, 0.25) is 0 Å². The van der Waals surface area contributed by atoms with Crippen molar-refractivity contribution in [3.63, 3.8) is 0 Å². The van der Waals surface area contributed by atoms with Crippen LogP contribution < -0.4 is 11.3 Å². The number of fused-ring (bicyclic) bond motifs is 1. The first-order chi connectivity index (χ1) is 9.38. The molecule has 3 N–H and O–H groups in total. The maximum atomic E-state index is 5.70. The SMILES string of the molecule is NNC(C1=COCCC1)c1ccc2nccnc2c1. The van der Waals surface area contributed by atoms with E-state index in [1.165, 1.54) is 0 Å². The van der Waals surface area contributed by atoms with Gasteiger partial charge in [-0.1, -0.05) is 6.07 Å². The summed E-state index contributed by atoms with van der Waals surface area (Å²) in [5.41, 5.74) is 6.85. The predicted octanol–water partition coefficient (Wildman–Crippen LogP) is 1.83. The number of nitrogens with zero attached hydrogens (tertiary/aromatic N) is 2. The van der Waals surface area contributed by atoms with Crippen LogP contribution in [0.4, 0.5) is 0 Å². The molecule has 1 aliphatic heterocycles. The minimum atomic E-state index is -0.0355. The van der Waals surface area contributed by atoms with Crippen molar-refractivity contribution in [2.24, 2.45) is 5.84 Å². The zero-order valence-electron chi connectivity index (χ0n) is 10.5.